The first kappa shape index (κ1) is 13.0. The van der Waals surface area contributed by atoms with Crippen molar-refractivity contribution in [2.75, 3.05) is 0 Å². The van der Waals surface area contributed by atoms with Crippen LogP contribution >= 0.6 is 0 Å². The van der Waals surface area contributed by atoms with E-state index in [1.165, 1.54) is 0 Å². The van der Waals surface area contributed by atoms with E-state index >= 15 is 0 Å². The zero-order valence-electron chi connectivity index (χ0n) is 10.5. The van der Waals surface area contributed by atoms with Crippen molar-refractivity contribution in [3.05, 3.63) is 77.4 Å². The van der Waals surface area contributed by atoms with Crippen molar-refractivity contribution in [3.63, 3.8) is 0 Å². The van der Waals surface area contributed by atoms with E-state index in [0.717, 1.165) is 5.56 Å². The molecular formula is C17H12F2. The SMILES string of the molecule is Cc1ccc(C(C#Cc2ccccc2)=C(F)F)cc1. The predicted molar refractivity (Wildman–Crippen MR) is 73.6 cm³/mol. The van der Waals surface area contributed by atoms with Crippen LogP contribution in [0.1, 0.15) is 16.7 Å². The molecule has 2 heteroatoms. The molecule has 2 aromatic carbocycles. The fourth-order valence-electron chi connectivity index (χ4n) is 1.60. The molecule has 0 nitrogen and oxygen atoms in total. The number of hydrogen-bond donors (Lipinski definition) is 0. The van der Waals surface area contributed by atoms with E-state index in [1.807, 2.05) is 25.1 Å². The van der Waals surface area contributed by atoms with Gasteiger partial charge in [-0.3, -0.25) is 0 Å². The summed E-state index contributed by atoms with van der Waals surface area (Å²) in [7, 11) is 0. The van der Waals surface area contributed by atoms with Gasteiger partial charge in [0.2, 0.25) is 0 Å². The molecule has 19 heavy (non-hydrogen) atoms. The fourth-order valence-corrected chi connectivity index (χ4v) is 1.60. The average Bonchev–Trinajstić information content (AvgIpc) is 2.42. The molecule has 2 aromatic rings. The van der Waals surface area contributed by atoms with E-state index in [0.29, 0.717) is 11.1 Å². The fraction of sp³-hybridized carbons (Fsp3) is 0.0588. The van der Waals surface area contributed by atoms with Gasteiger partial charge in [0.05, 0.1) is 5.57 Å². The van der Waals surface area contributed by atoms with E-state index < -0.39 is 6.08 Å². The largest absolute Gasteiger partial charge is 0.286 e. The minimum absolute atomic E-state index is 0.219. The first-order valence-corrected chi connectivity index (χ1v) is 5.86. The third-order valence-corrected chi connectivity index (χ3v) is 2.63. The average molecular weight is 254 g/mol. The smallest absolute Gasteiger partial charge is 0.172 e. The van der Waals surface area contributed by atoms with Gasteiger partial charge in [-0.25, -0.2) is 0 Å². The Kier molecular flexibility index (Phi) is 4.10. The van der Waals surface area contributed by atoms with Crippen LogP contribution in [0.4, 0.5) is 8.78 Å². The molecule has 0 N–H and O–H groups in total. The third-order valence-electron chi connectivity index (χ3n) is 2.63. The lowest BCUT2D eigenvalue weighted by atomic mass is 10.1. The maximum Gasteiger partial charge on any atom is 0.286 e. The molecule has 0 aliphatic carbocycles. The van der Waals surface area contributed by atoms with Crippen LogP contribution in [0.25, 0.3) is 5.57 Å². The highest BCUT2D eigenvalue weighted by molar-refractivity contribution is 5.80. The quantitative estimate of drug-likeness (QED) is 0.649. The Labute approximate surface area is 111 Å². The second-order valence-electron chi connectivity index (χ2n) is 4.12. The molecule has 0 aromatic heterocycles. The minimum Gasteiger partial charge on any atom is -0.172 e. The van der Waals surface area contributed by atoms with Gasteiger partial charge in [-0.05, 0) is 24.6 Å². The van der Waals surface area contributed by atoms with E-state index in [4.69, 9.17) is 0 Å². The minimum atomic E-state index is -1.76. The highest BCUT2D eigenvalue weighted by atomic mass is 19.3. The molecule has 0 aliphatic heterocycles. The molecule has 0 fully saturated rings. The Bertz CT molecular complexity index is 637. The van der Waals surface area contributed by atoms with Crippen LogP contribution in [-0.2, 0) is 0 Å². The van der Waals surface area contributed by atoms with E-state index in [-0.39, 0.29) is 5.57 Å². The molecule has 0 bridgehead atoms. The van der Waals surface area contributed by atoms with Gasteiger partial charge in [0.25, 0.3) is 6.08 Å². The number of aryl methyl sites for hydroxylation is 1. The molecule has 0 spiro atoms. The van der Waals surface area contributed by atoms with Gasteiger partial charge in [0.1, 0.15) is 0 Å². The number of allylic oxidation sites excluding steroid dienone is 1. The molecule has 0 saturated heterocycles. The van der Waals surface area contributed by atoms with Crippen LogP contribution in [0.15, 0.2) is 60.7 Å². The van der Waals surface area contributed by atoms with Gasteiger partial charge >= 0.3 is 0 Å². The van der Waals surface area contributed by atoms with Gasteiger partial charge in [0, 0.05) is 5.56 Å². The molecule has 0 amide bonds. The molecule has 0 radical (unpaired) electrons. The summed E-state index contributed by atoms with van der Waals surface area (Å²) in [5, 5.41) is 0. The molecule has 0 unspecified atom stereocenters. The van der Waals surface area contributed by atoms with Crippen molar-refractivity contribution in [2.45, 2.75) is 6.92 Å². The van der Waals surface area contributed by atoms with Crippen LogP contribution in [0.5, 0.6) is 0 Å². The number of rotatable bonds is 1. The van der Waals surface area contributed by atoms with Crippen molar-refractivity contribution in [2.24, 2.45) is 0 Å². The molecule has 0 atom stereocenters. The monoisotopic (exact) mass is 254 g/mol. The van der Waals surface area contributed by atoms with Crippen molar-refractivity contribution in [3.8, 4) is 11.8 Å². The van der Waals surface area contributed by atoms with Crippen LogP contribution in [-0.4, -0.2) is 0 Å². The van der Waals surface area contributed by atoms with E-state index in [9.17, 15) is 8.78 Å². The van der Waals surface area contributed by atoms with Crippen LogP contribution in [0.2, 0.25) is 0 Å². The van der Waals surface area contributed by atoms with Crippen LogP contribution < -0.4 is 0 Å². The van der Waals surface area contributed by atoms with Crippen LogP contribution in [0.3, 0.4) is 0 Å². The summed E-state index contributed by atoms with van der Waals surface area (Å²) in [6.45, 7) is 1.91. The molecule has 2 rings (SSSR count). The molecule has 0 aliphatic rings. The standard InChI is InChI=1S/C17H12F2/c1-13-7-10-15(11-8-13)16(17(18)19)12-9-14-5-3-2-4-6-14/h2-8,10-11H,1H3. The van der Waals surface area contributed by atoms with Crippen molar-refractivity contribution < 1.29 is 8.78 Å². The maximum atomic E-state index is 13.0. The Morgan fingerprint density at radius 3 is 2.11 bits per heavy atom. The van der Waals surface area contributed by atoms with Gasteiger partial charge < -0.3 is 0 Å². The molecule has 0 saturated carbocycles. The second kappa shape index (κ2) is 5.97. The molecule has 94 valence electrons. The zero-order chi connectivity index (χ0) is 13.7. The van der Waals surface area contributed by atoms with Gasteiger partial charge in [-0.1, -0.05) is 59.9 Å². The predicted octanol–water partition coefficient (Wildman–Crippen LogP) is 4.65. The molecular weight excluding hydrogens is 242 g/mol. The van der Waals surface area contributed by atoms with Gasteiger partial charge in [0.15, 0.2) is 0 Å². The summed E-state index contributed by atoms with van der Waals surface area (Å²) in [5.74, 6) is 5.30. The Morgan fingerprint density at radius 1 is 0.895 bits per heavy atom. The zero-order valence-corrected chi connectivity index (χ0v) is 10.5. The lowest BCUT2D eigenvalue weighted by Gasteiger charge is -1.99. The van der Waals surface area contributed by atoms with Crippen molar-refractivity contribution >= 4 is 5.57 Å². The topological polar surface area (TPSA) is 0 Å². The summed E-state index contributed by atoms with van der Waals surface area (Å²) in [4.78, 5) is 0. The van der Waals surface area contributed by atoms with E-state index in [1.54, 1.807) is 36.4 Å². The normalized spacial score (nSPS) is 9.42. The van der Waals surface area contributed by atoms with Gasteiger partial charge in [-0.15, -0.1) is 0 Å². The first-order chi connectivity index (χ1) is 9.16. The highest BCUT2D eigenvalue weighted by Gasteiger charge is 2.06. The first-order valence-electron chi connectivity index (χ1n) is 5.86. The van der Waals surface area contributed by atoms with E-state index in [2.05, 4.69) is 11.8 Å². The molecule has 0 heterocycles. The third kappa shape index (κ3) is 3.53. The summed E-state index contributed by atoms with van der Waals surface area (Å²) in [6.07, 6.45) is -1.76. The summed E-state index contributed by atoms with van der Waals surface area (Å²) in [6, 6.07) is 16.0. The van der Waals surface area contributed by atoms with Crippen molar-refractivity contribution in [1.82, 2.24) is 0 Å². The maximum absolute atomic E-state index is 13.0. The lowest BCUT2D eigenvalue weighted by Crippen LogP contribution is -1.84. The lowest BCUT2D eigenvalue weighted by molar-refractivity contribution is 0.427. The Balaban J connectivity index is 2.37. The van der Waals surface area contributed by atoms with Crippen molar-refractivity contribution in [1.29, 1.82) is 0 Å². The second-order valence-corrected chi connectivity index (χ2v) is 4.12. The van der Waals surface area contributed by atoms with Crippen LogP contribution in [0, 0.1) is 18.8 Å². The summed E-state index contributed by atoms with van der Waals surface area (Å²) >= 11 is 0. The number of hydrogen-bond acceptors (Lipinski definition) is 0. The Hall–Kier alpha value is -2.40. The summed E-state index contributed by atoms with van der Waals surface area (Å²) in [5.41, 5.74) is 1.96. The summed E-state index contributed by atoms with van der Waals surface area (Å²) < 4.78 is 25.9. The highest BCUT2D eigenvalue weighted by Crippen LogP contribution is 2.20. The number of halogens is 2. The number of benzene rings is 2. The Morgan fingerprint density at radius 2 is 1.53 bits per heavy atom. The van der Waals surface area contributed by atoms with Gasteiger partial charge in [-0.2, -0.15) is 8.78 Å².